The van der Waals surface area contributed by atoms with E-state index < -0.39 is 0 Å². The summed E-state index contributed by atoms with van der Waals surface area (Å²) in [6, 6.07) is 15.4. The lowest BCUT2D eigenvalue weighted by Gasteiger charge is -2.20. The maximum absolute atomic E-state index is 14.5. The third kappa shape index (κ3) is 5.25. The molecule has 0 aliphatic carbocycles. The SMILES string of the molecule is C/C(=N\N=C(\Cc1ccc(C(C)(C)C)c(F)c1)c1ccccc1)N(C)C. The topological polar surface area (TPSA) is 28.0 Å². The van der Waals surface area contributed by atoms with E-state index in [1.54, 1.807) is 6.07 Å². The third-order valence-corrected chi connectivity index (χ3v) is 4.28. The van der Waals surface area contributed by atoms with Crippen molar-refractivity contribution in [1.29, 1.82) is 0 Å². The lowest BCUT2D eigenvalue weighted by atomic mass is 9.85. The quantitative estimate of drug-likeness (QED) is 0.429. The second-order valence-electron chi connectivity index (χ2n) is 7.70. The zero-order valence-electron chi connectivity index (χ0n) is 16.5. The lowest BCUT2D eigenvalue weighted by molar-refractivity contribution is 0.522. The number of rotatable bonds is 4. The van der Waals surface area contributed by atoms with Crippen LogP contribution in [0.15, 0.2) is 58.7 Å². The summed E-state index contributed by atoms with van der Waals surface area (Å²) in [5.74, 6) is 0.642. The summed E-state index contributed by atoms with van der Waals surface area (Å²) < 4.78 is 14.5. The van der Waals surface area contributed by atoms with Crippen molar-refractivity contribution in [2.75, 3.05) is 14.1 Å². The highest BCUT2D eigenvalue weighted by atomic mass is 19.1. The number of amidine groups is 1. The summed E-state index contributed by atoms with van der Waals surface area (Å²) in [7, 11) is 3.86. The van der Waals surface area contributed by atoms with Gasteiger partial charge in [-0.1, -0.05) is 63.2 Å². The molecule has 0 unspecified atom stereocenters. The zero-order valence-corrected chi connectivity index (χ0v) is 16.5. The van der Waals surface area contributed by atoms with Crippen LogP contribution >= 0.6 is 0 Å². The number of benzene rings is 2. The van der Waals surface area contributed by atoms with Crippen molar-refractivity contribution < 1.29 is 4.39 Å². The van der Waals surface area contributed by atoms with Gasteiger partial charge < -0.3 is 4.90 Å². The van der Waals surface area contributed by atoms with Crippen LogP contribution in [-0.4, -0.2) is 30.5 Å². The molecule has 2 rings (SSSR count). The summed E-state index contributed by atoms with van der Waals surface area (Å²) in [6.45, 7) is 7.95. The van der Waals surface area contributed by atoms with Crippen LogP contribution in [0, 0.1) is 5.82 Å². The van der Waals surface area contributed by atoms with Crippen LogP contribution in [-0.2, 0) is 11.8 Å². The van der Waals surface area contributed by atoms with Gasteiger partial charge in [0.1, 0.15) is 11.7 Å². The highest BCUT2D eigenvalue weighted by molar-refractivity contribution is 6.02. The molecule has 0 saturated carbocycles. The van der Waals surface area contributed by atoms with Gasteiger partial charge in [-0.2, -0.15) is 5.10 Å². The minimum atomic E-state index is -0.216. The van der Waals surface area contributed by atoms with Gasteiger partial charge in [-0.3, -0.25) is 0 Å². The standard InChI is InChI=1S/C22H28FN3/c1-16(26(5)6)24-25-21(18-10-8-7-9-11-18)15-17-12-13-19(20(23)14-17)22(2,3)4/h7-14H,15H2,1-6H3/b24-16+,25-21-. The van der Waals surface area contributed by atoms with Gasteiger partial charge >= 0.3 is 0 Å². The zero-order chi connectivity index (χ0) is 19.3. The number of hydrogen-bond acceptors (Lipinski definition) is 2. The van der Waals surface area contributed by atoms with Gasteiger partial charge in [0.2, 0.25) is 0 Å². The third-order valence-electron chi connectivity index (χ3n) is 4.28. The van der Waals surface area contributed by atoms with Crippen LogP contribution in [0.1, 0.15) is 44.4 Å². The Bertz CT molecular complexity index is 800. The second-order valence-corrected chi connectivity index (χ2v) is 7.70. The Morgan fingerprint density at radius 2 is 1.65 bits per heavy atom. The van der Waals surface area contributed by atoms with Gasteiger partial charge in [-0.25, -0.2) is 4.39 Å². The monoisotopic (exact) mass is 353 g/mol. The average Bonchev–Trinajstić information content (AvgIpc) is 2.57. The van der Waals surface area contributed by atoms with Crippen molar-refractivity contribution in [2.45, 2.75) is 39.5 Å². The summed E-state index contributed by atoms with van der Waals surface area (Å²) in [5.41, 5.74) is 3.20. The maximum Gasteiger partial charge on any atom is 0.127 e. The Labute approximate surface area is 156 Å². The number of nitrogens with zero attached hydrogens (tertiary/aromatic N) is 3. The molecule has 4 heteroatoms. The van der Waals surface area contributed by atoms with Gasteiger partial charge in [0, 0.05) is 20.5 Å². The molecule has 0 fully saturated rings. The van der Waals surface area contributed by atoms with E-state index in [2.05, 4.69) is 10.2 Å². The van der Waals surface area contributed by atoms with Crippen molar-refractivity contribution in [3.8, 4) is 0 Å². The van der Waals surface area contributed by atoms with Gasteiger partial charge in [-0.15, -0.1) is 5.10 Å². The van der Waals surface area contributed by atoms with Crippen molar-refractivity contribution in [3.05, 3.63) is 71.0 Å². The van der Waals surface area contributed by atoms with Gasteiger partial charge in [0.05, 0.1) is 5.71 Å². The molecule has 0 heterocycles. The molecule has 0 saturated heterocycles. The molecule has 0 radical (unpaired) electrons. The fraction of sp³-hybridized carbons (Fsp3) is 0.364. The van der Waals surface area contributed by atoms with E-state index in [-0.39, 0.29) is 11.2 Å². The second kappa shape index (κ2) is 8.26. The Morgan fingerprint density at radius 1 is 1.00 bits per heavy atom. The average molecular weight is 353 g/mol. The predicted octanol–water partition coefficient (Wildman–Crippen LogP) is 5.05. The predicted molar refractivity (Wildman–Crippen MR) is 109 cm³/mol. The van der Waals surface area contributed by atoms with Crippen LogP contribution in [0.3, 0.4) is 0 Å². The molecular formula is C22H28FN3. The minimum absolute atomic E-state index is 0.171. The van der Waals surface area contributed by atoms with Gasteiger partial charge in [0.15, 0.2) is 0 Å². The molecular weight excluding hydrogens is 325 g/mol. The molecule has 0 N–H and O–H groups in total. The molecule has 2 aromatic carbocycles. The largest absolute Gasteiger partial charge is 0.365 e. The first-order chi connectivity index (χ1) is 12.2. The Hall–Kier alpha value is -2.49. The first-order valence-electron chi connectivity index (χ1n) is 8.81. The van der Waals surface area contributed by atoms with E-state index >= 15 is 0 Å². The molecule has 0 amide bonds. The normalized spacial score (nSPS) is 13.0. The van der Waals surface area contributed by atoms with Gasteiger partial charge in [0.25, 0.3) is 0 Å². The molecule has 2 aromatic rings. The number of hydrogen-bond donors (Lipinski definition) is 0. The van der Waals surface area contributed by atoms with Crippen molar-refractivity contribution in [3.63, 3.8) is 0 Å². The van der Waals surface area contributed by atoms with E-state index in [1.165, 1.54) is 0 Å². The van der Waals surface area contributed by atoms with Crippen LogP contribution in [0.5, 0.6) is 0 Å². The van der Waals surface area contributed by atoms with E-state index in [1.807, 2.05) is 89.2 Å². The Kier molecular flexibility index (Phi) is 6.30. The minimum Gasteiger partial charge on any atom is -0.365 e. The smallest absolute Gasteiger partial charge is 0.127 e. The maximum atomic E-state index is 14.5. The molecule has 0 atom stereocenters. The molecule has 0 bridgehead atoms. The summed E-state index contributed by atoms with van der Waals surface area (Å²) in [6.07, 6.45) is 0.523. The van der Waals surface area contributed by atoms with Crippen molar-refractivity contribution >= 4 is 11.5 Å². The summed E-state index contributed by atoms with van der Waals surface area (Å²) in [5, 5.41) is 8.76. The van der Waals surface area contributed by atoms with Gasteiger partial charge in [-0.05, 0) is 35.1 Å². The van der Waals surface area contributed by atoms with E-state index in [9.17, 15) is 4.39 Å². The molecule has 138 valence electrons. The molecule has 3 nitrogen and oxygen atoms in total. The van der Waals surface area contributed by atoms with Crippen molar-refractivity contribution in [1.82, 2.24) is 4.90 Å². The first-order valence-corrected chi connectivity index (χ1v) is 8.81. The van der Waals surface area contributed by atoms with Crippen LogP contribution in [0.4, 0.5) is 4.39 Å². The van der Waals surface area contributed by atoms with E-state index in [0.717, 1.165) is 28.2 Å². The van der Waals surface area contributed by atoms with Crippen molar-refractivity contribution in [2.24, 2.45) is 10.2 Å². The molecule has 0 aliphatic heterocycles. The van der Waals surface area contributed by atoms with Crippen LogP contribution in [0.2, 0.25) is 0 Å². The first kappa shape index (κ1) is 19.8. The lowest BCUT2D eigenvalue weighted by Crippen LogP contribution is -2.18. The molecule has 26 heavy (non-hydrogen) atoms. The Morgan fingerprint density at radius 3 is 2.19 bits per heavy atom. The highest BCUT2D eigenvalue weighted by Crippen LogP contribution is 2.26. The fourth-order valence-corrected chi connectivity index (χ4v) is 2.52. The molecule has 0 spiro atoms. The fourth-order valence-electron chi connectivity index (χ4n) is 2.52. The highest BCUT2D eigenvalue weighted by Gasteiger charge is 2.18. The van der Waals surface area contributed by atoms with Crippen LogP contribution in [0.25, 0.3) is 0 Å². The molecule has 0 aromatic heterocycles. The van der Waals surface area contributed by atoms with E-state index in [0.29, 0.717) is 6.42 Å². The number of halogens is 1. The summed E-state index contributed by atoms with van der Waals surface area (Å²) in [4.78, 5) is 1.91. The summed E-state index contributed by atoms with van der Waals surface area (Å²) >= 11 is 0. The van der Waals surface area contributed by atoms with Crippen LogP contribution < -0.4 is 0 Å². The van der Waals surface area contributed by atoms with E-state index in [4.69, 9.17) is 0 Å². The Balaban J connectivity index is 2.38. The molecule has 0 aliphatic rings.